The number of ketones is 1. The molecule has 5 aromatic rings. The van der Waals surface area contributed by atoms with Crippen molar-refractivity contribution in [2.24, 2.45) is 28.6 Å². The fraction of sp³-hybridized carbons (Fsp3) is 0.347. The highest BCUT2D eigenvalue weighted by Crippen LogP contribution is 2.79. The van der Waals surface area contributed by atoms with Crippen molar-refractivity contribution in [2.45, 2.75) is 71.4 Å². The number of halogens is 1. The standard InChI is InChI=1S/C45H41FN2O2.2C2H6/c1-2-23-50-42-37-24-31-25-43(27-38(42)44(37,26-31)29-43)41(49)22-21-35-36(19-12-20-39(35)46)40-28-48(30-47-40)45(32-13-6-3-7-14-32,33-15-8-4-9-16-33)34-17-10-5-11-18-34;2*1-2/h2-22,28,30-31,37-38,42H,1,23-27,29H2;2*1-2H3/b22-21+;;. The van der Waals surface area contributed by atoms with Gasteiger partial charge in [-0.2, -0.15) is 0 Å². The van der Waals surface area contributed by atoms with Crippen LogP contribution in [0.1, 0.15) is 82.1 Å². The van der Waals surface area contributed by atoms with Crippen LogP contribution in [0.15, 0.2) is 140 Å². The lowest BCUT2D eigenvalue weighted by Crippen LogP contribution is -2.56. The molecule has 4 nitrogen and oxygen atoms in total. The highest BCUT2D eigenvalue weighted by molar-refractivity contribution is 5.99. The van der Waals surface area contributed by atoms with Gasteiger partial charge >= 0.3 is 0 Å². The molecule has 4 aromatic carbocycles. The Morgan fingerprint density at radius 3 is 2.06 bits per heavy atom. The second kappa shape index (κ2) is 15.5. The third kappa shape index (κ3) is 5.92. The molecule has 9 rings (SSSR count). The number of hydrogen-bond acceptors (Lipinski definition) is 3. The number of carbonyl (C=O) groups excluding carboxylic acids is 1. The Morgan fingerprint density at radius 1 is 0.852 bits per heavy atom. The average Bonchev–Trinajstić information content (AvgIpc) is 3.87. The van der Waals surface area contributed by atoms with E-state index in [1.807, 2.05) is 70.6 Å². The van der Waals surface area contributed by atoms with Crippen LogP contribution in [0.25, 0.3) is 17.3 Å². The lowest BCUT2D eigenvalue weighted by atomic mass is 9.53. The van der Waals surface area contributed by atoms with Crippen molar-refractivity contribution in [3.05, 3.63) is 169 Å². The molecule has 1 heterocycles. The molecule has 3 bridgehead atoms. The van der Waals surface area contributed by atoms with Crippen molar-refractivity contribution >= 4 is 11.9 Å². The summed E-state index contributed by atoms with van der Waals surface area (Å²) in [7, 11) is 0. The van der Waals surface area contributed by atoms with E-state index in [0.717, 1.165) is 42.4 Å². The summed E-state index contributed by atoms with van der Waals surface area (Å²) in [5, 5.41) is 0. The number of allylic oxidation sites excluding steroid dienone is 1. The second-order valence-corrected chi connectivity index (χ2v) is 15.1. The quantitative estimate of drug-likeness (QED) is 0.0775. The molecule has 4 aliphatic rings. The average molecular weight is 721 g/mol. The van der Waals surface area contributed by atoms with Gasteiger partial charge in [0, 0.05) is 22.7 Å². The first-order chi connectivity index (χ1) is 26.5. The third-order valence-corrected chi connectivity index (χ3v) is 12.7. The van der Waals surface area contributed by atoms with E-state index < -0.39 is 5.54 Å². The van der Waals surface area contributed by atoms with E-state index in [1.165, 1.54) is 12.5 Å². The van der Waals surface area contributed by atoms with Crippen LogP contribution in [0.2, 0.25) is 0 Å². The van der Waals surface area contributed by atoms with Gasteiger partial charge in [0.25, 0.3) is 0 Å². The van der Waals surface area contributed by atoms with Crippen molar-refractivity contribution in [1.82, 2.24) is 9.55 Å². The summed E-state index contributed by atoms with van der Waals surface area (Å²) in [6, 6.07) is 36.4. The molecule has 1 aromatic heterocycles. The Hall–Kier alpha value is -4.87. The number of imidazole rings is 1. The van der Waals surface area contributed by atoms with Gasteiger partial charge in [0.1, 0.15) is 11.4 Å². The summed E-state index contributed by atoms with van der Waals surface area (Å²) in [6.45, 7) is 12.4. The molecule has 6 atom stereocenters. The molecule has 5 heteroatoms. The molecule has 1 spiro atoms. The van der Waals surface area contributed by atoms with Crippen LogP contribution in [-0.4, -0.2) is 28.0 Å². The van der Waals surface area contributed by atoms with E-state index in [4.69, 9.17) is 9.72 Å². The molecule has 0 aliphatic heterocycles. The molecule has 54 heavy (non-hydrogen) atoms. The van der Waals surface area contributed by atoms with Crippen LogP contribution in [0.4, 0.5) is 4.39 Å². The first-order valence-electron chi connectivity index (χ1n) is 19.9. The molecule has 4 fully saturated rings. The number of benzene rings is 4. The van der Waals surface area contributed by atoms with Crippen LogP contribution in [0.5, 0.6) is 0 Å². The number of aromatic nitrogens is 2. The van der Waals surface area contributed by atoms with E-state index in [-0.39, 0.29) is 28.5 Å². The van der Waals surface area contributed by atoms with Gasteiger partial charge in [-0.25, -0.2) is 9.37 Å². The molecule has 0 amide bonds. The lowest BCUT2D eigenvalue weighted by molar-refractivity contribution is -0.165. The van der Waals surface area contributed by atoms with Crippen LogP contribution >= 0.6 is 0 Å². The van der Waals surface area contributed by atoms with Gasteiger partial charge in [0.05, 0.1) is 24.7 Å². The third-order valence-electron chi connectivity index (χ3n) is 12.7. The van der Waals surface area contributed by atoms with Gasteiger partial charge < -0.3 is 9.30 Å². The van der Waals surface area contributed by atoms with Gasteiger partial charge in [-0.3, -0.25) is 4.79 Å². The largest absolute Gasteiger partial charge is 0.374 e. The highest BCUT2D eigenvalue weighted by Gasteiger charge is 2.76. The van der Waals surface area contributed by atoms with Crippen molar-refractivity contribution < 1.29 is 13.9 Å². The van der Waals surface area contributed by atoms with E-state index in [0.29, 0.717) is 41.2 Å². The Morgan fingerprint density at radius 2 is 1.46 bits per heavy atom. The van der Waals surface area contributed by atoms with Crippen molar-refractivity contribution in [2.75, 3.05) is 6.61 Å². The maximum atomic E-state index is 15.8. The minimum Gasteiger partial charge on any atom is -0.374 e. The molecule has 4 aliphatic carbocycles. The van der Waals surface area contributed by atoms with Crippen molar-refractivity contribution in [1.29, 1.82) is 0 Å². The fourth-order valence-electron chi connectivity index (χ4n) is 11.0. The lowest BCUT2D eigenvalue weighted by Gasteiger charge is -2.55. The minimum atomic E-state index is -0.736. The summed E-state index contributed by atoms with van der Waals surface area (Å²) in [5.74, 6) is 1.33. The summed E-state index contributed by atoms with van der Waals surface area (Å²) < 4.78 is 24.2. The van der Waals surface area contributed by atoms with E-state index >= 15 is 4.39 Å². The highest BCUT2D eigenvalue weighted by atomic mass is 19.1. The molecular weight excluding hydrogens is 668 g/mol. The van der Waals surface area contributed by atoms with Gasteiger partial charge in [-0.1, -0.05) is 137 Å². The summed E-state index contributed by atoms with van der Waals surface area (Å²) in [4.78, 5) is 19.1. The zero-order chi connectivity index (χ0) is 37.9. The molecule has 278 valence electrons. The first kappa shape index (κ1) is 37.4. The monoisotopic (exact) mass is 720 g/mol. The molecule has 0 N–H and O–H groups in total. The number of ether oxygens (including phenoxy) is 1. The zero-order valence-electron chi connectivity index (χ0n) is 32.1. The SMILES string of the molecule is C=CCOC1C2CC3CC4(C(=O)/C=C/c5c(F)cccc5-c5cn(C(c6ccccc6)(c6ccccc6)c6ccccc6)cn5)CC1C2(C3)C4.CC.CC. The normalized spacial score (nSPS) is 25.9. The second-order valence-electron chi connectivity index (χ2n) is 15.1. The van der Waals surface area contributed by atoms with Crippen LogP contribution < -0.4 is 0 Å². The van der Waals surface area contributed by atoms with Gasteiger partial charge in [0.15, 0.2) is 5.78 Å². The van der Waals surface area contributed by atoms with E-state index in [1.54, 1.807) is 18.2 Å². The van der Waals surface area contributed by atoms with Gasteiger partial charge in [-0.15, -0.1) is 6.58 Å². The summed E-state index contributed by atoms with van der Waals surface area (Å²) in [6.07, 6.45) is 14.4. The molecule has 6 unspecified atom stereocenters. The van der Waals surface area contributed by atoms with Gasteiger partial charge in [0.2, 0.25) is 0 Å². The van der Waals surface area contributed by atoms with Crippen LogP contribution in [0, 0.1) is 34.4 Å². The van der Waals surface area contributed by atoms with E-state index in [2.05, 4.69) is 83.9 Å². The van der Waals surface area contributed by atoms with Crippen LogP contribution in [0.3, 0.4) is 0 Å². The fourth-order valence-corrected chi connectivity index (χ4v) is 11.0. The molecule has 0 saturated heterocycles. The number of carbonyl (C=O) groups is 1. The first-order valence-corrected chi connectivity index (χ1v) is 19.9. The van der Waals surface area contributed by atoms with Crippen molar-refractivity contribution in [3.63, 3.8) is 0 Å². The predicted octanol–water partition coefficient (Wildman–Crippen LogP) is 11.6. The molecule has 4 saturated carbocycles. The number of fused-ring (bicyclic) bond motifs is 2. The number of rotatable bonds is 11. The predicted molar refractivity (Wildman–Crippen MR) is 217 cm³/mol. The zero-order valence-corrected chi connectivity index (χ0v) is 32.1. The minimum absolute atomic E-state index is 0.134. The maximum absolute atomic E-state index is 15.8. The van der Waals surface area contributed by atoms with Gasteiger partial charge in [-0.05, 0) is 90.2 Å². The number of nitrogens with zero attached hydrogens (tertiary/aromatic N) is 2. The Labute approximate surface area is 320 Å². The summed E-state index contributed by atoms with van der Waals surface area (Å²) in [5.41, 5.74) is 4.05. The van der Waals surface area contributed by atoms with Crippen molar-refractivity contribution in [3.8, 4) is 11.3 Å². The molecular formula is C49H53FN2O2. The number of hydrogen-bond donors (Lipinski definition) is 0. The summed E-state index contributed by atoms with van der Waals surface area (Å²) >= 11 is 0. The van der Waals surface area contributed by atoms with Crippen LogP contribution in [-0.2, 0) is 15.1 Å². The topological polar surface area (TPSA) is 44.1 Å². The maximum Gasteiger partial charge on any atom is 0.161 e. The smallest absolute Gasteiger partial charge is 0.161 e. The Kier molecular flexibility index (Phi) is 10.7. The van der Waals surface area contributed by atoms with E-state index in [9.17, 15) is 4.79 Å². The Bertz CT molecular complexity index is 1990. The molecule has 0 radical (unpaired) electrons. The Balaban J connectivity index is 0.00000109.